The fourth-order valence-electron chi connectivity index (χ4n) is 4.21. The molecule has 0 amide bonds. The average molecular weight is 589 g/mol. The van der Waals surface area contributed by atoms with Crippen molar-refractivity contribution in [1.29, 1.82) is 5.41 Å². The van der Waals surface area contributed by atoms with Gasteiger partial charge in [-0.05, 0) is 34.7 Å². The van der Waals surface area contributed by atoms with Crippen molar-refractivity contribution in [3.05, 3.63) is 51.8 Å². The van der Waals surface area contributed by atoms with Crippen LogP contribution < -0.4 is 14.2 Å². The van der Waals surface area contributed by atoms with Crippen LogP contribution in [0.15, 0.2) is 18.2 Å². The molecule has 0 atom stereocenters. The SMILES string of the molecule is Br.COc1cc(C(=O)CN2Cc3cc(OC)c(OC)c(F)c3C2=N)cc(C(C)(C)C)c1CS(=O)(=O)O. The molecular formula is C24H30BrFN2O7S. The number of benzene rings is 2. The number of hydrogen-bond acceptors (Lipinski definition) is 7. The van der Waals surface area contributed by atoms with E-state index < -0.39 is 27.1 Å². The van der Waals surface area contributed by atoms with Crippen LogP contribution in [0.25, 0.3) is 0 Å². The lowest BCUT2D eigenvalue weighted by molar-refractivity contribution is 0.0962. The number of rotatable bonds is 8. The Balaban J connectivity index is 0.00000456. The zero-order valence-corrected chi connectivity index (χ0v) is 23.4. The van der Waals surface area contributed by atoms with E-state index in [1.165, 1.54) is 32.3 Å². The maximum atomic E-state index is 15.0. The Morgan fingerprint density at radius 1 is 1.11 bits per heavy atom. The Labute approximate surface area is 220 Å². The molecule has 0 aliphatic carbocycles. The number of carbonyl (C=O) groups is 1. The molecular weight excluding hydrogens is 559 g/mol. The topological polar surface area (TPSA) is 126 Å². The summed E-state index contributed by atoms with van der Waals surface area (Å²) in [5, 5.41) is 8.45. The summed E-state index contributed by atoms with van der Waals surface area (Å²) in [6, 6.07) is 4.57. The van der Waals surface area contributed by atoms with Crippen LogP contribution in [0.1, 0.15) is 53.4 Å². The van der Waals surface area contributed by atoms with Gasteiger partial charge in [0.1, 0.15) is 17.3 Å². The van der Waals surface area contributed by atoms with E-state index in [0.29, 0.717) is 11.1 Å². The van der Waals surface area contributed by atoms with Crippen LogP contribution in [-0.2, 0) is 27.8 Å². The zero-order valence-electron chi connectivity index (χ0n) is 20.9. The number of Topliss-reactive ketones (excluding diaryl/α,β-unsaturated/α-hetero) is 1. The Bertz CT molecular complexity index is 1310. The Hall–Kier alpha value is -2.70. The lowest BCUT2D eigenvalue weighted by atomic mass is 9.82. The first-order valence-electron chi connectivity index (χ1n) is 10.7. The molecule has 2 aromatic carbocycles. The van der Waals surface area contributed by atoms with Gasteiger partial charge in [0.05, 0.1) is 33.4 Å². The predicted molar refractivity (Wildman–Crippen MR) is 138 cm³/mol. The Kier molecular flexibility index (Phi) is 8.80. The number of halogens is 2. The highest BCUT2D eigenvalue weighted by Crippen LogP contribution is 2.39. The third-order valence-corrected chi connectivity index (χ3v) is 6.48. The van der Waals surface area contributed by atoms with Crippen LogP contribution in [0.2, 0.25) is 0 Å². The normalized spacial score (nSPS) is 13.2. The molecule has 1 heterocycles. The van der Waals surface area contributed by atoms with E-state index in [4.69, 9.17) is 19.6 Å². The third kappa shape index (κ3) is 5.81. The molecule has 0 radical (unpaired) electrons. The van der Waals surface area contributed by atoms with Crippen LogP contribution in [0.5, 0.6) is 17.2 Å². The largest absolute Gasteiger partial charge is 0.496 e. The van der Waals surface area contributed by atoms with E-state index in [-0.39, 0.29) is 75.6 Å². The van der Waals surface area contributed by atoms with Crippen molar-refractivity contribution in [2.75, 3.05) is 27.9 Å². The minimum atomic E-state index is -4.36. The number of ketones is 1. The molecule has 1 aliphatic heterocycles. The van der Waals surface area contributed by atoms with Crippen LogP contribution in [0, 0.1) is 11.2 Å². The maximum Gasteiger partial charge on any atom is 0.269 e. The van der Waals surface area contributed by atoms with E-state index >= 15 is 4.39 Å². The summed E-state index contributed by atoms with van der Waals surface area (Å²) >= 11 is 0. The molecule has 0 fully saturated rings. The van der Waals surface area contributed by atoms with Gasteiger partial charge in [0, 0.05) is 17.7 Å². The standard InChI is InChI=1S/C24H29FN2O7S.BrH/c1-24(2,3)16-7-13(8-18(32-4)15(16)12-35(29,30)31)17(28)11-27-10-14-9-19(33-5)22(34-6)21(25)20(14)23(27)26;/h7-9,26H,10-12H2,1-6H3,(H,29,30,31);1H. The highest BCUT2D eigenvalue weighted by atomic mass is 79.9. The summed E-state index contributed by atoms with van der Waals surface area (Å²) in [5.41, 5.74) is 1.00. The van der Waals surface area contributed by atoms with Gasteiger partial charge in [-0.15, -0.1) is 17.0 Å². The molecule has 0 bridgehead atoms. The van der Waals surface area contributed by atoms with Gasteiger partial charge in [-0.2, -0.15) is 8.42 Å². The molecule has 9 nitrogen and oxygen atoms in total. The molecule has 198 valence electrons. The fourth-order valence-corrected chi connectivity index (χ4v) is 4.88. The predicted octanol–water partition coefficient (Wildman–Crippen LogP) is 4.14. The van der Waals surface area contributed by atoms with E-state index in [0.717, 1.165) is 0 Å². The third-order valence-electron chi connectivity index (χ3n) is 5.83. The molecule has 2 N–H and O–H groups in total. The second-order valence-corrected chi connectivity index (χ2v) is 10.7. The minimum absolute atomic E-state index is 0. The van der Waals surface area contributed by atoms with Gasteiger partial charge in [-0.1, -0.05) is 20.8 Å². The highest BCUT2D eigenvalue weighted by Gasteiger charge is 2.33. The maximum absolute atomic E-state index is 15.0. The first kappa shape index (κ1) is 29.5. The monoisotopic (exact) mass is 588 g/mol. The number of methoxy groups -OCH3 is 3. The molecule has 12 heteroatoms. The van der Waals surface area contributed by atoms with Gasteiger partial charge in [0.2, 0.25) is 0 Å². The van der Waals surface area contributed by atoms with Crippen molar-refractivity contribution in [2.45, 2.75) is 38.5 Å². The van der Waals surface area contributed by atoms with Gasteiger partial charge >= 0.3 is 0 Å². The van der Waals surface area contributed by atoms with Crippen molar-refractivity contribution < 1.29 is 36.4 Å². The van der Waals surface area contributed by atoms with E-state index in [2.05, 4.69) is 0 Å². The molecule has 36 heavy (non-hydrogen) atoms. The molecule has 2 aromatic rings. The van der Waals surface area contributed by atoms with Crippen LogP contribution in [-0.4, -0.2) is 57.4 Å². The molecule has 0 unspecified atom stereocenters. The Morgan fingerprint density at radius 2 is 1.72 bits per heavy atom. The van der Waals surface area contributed by atoms with Gasteiger partial charge in [-0.25, -0.2) is 4.39 Å². The number of nitrogens with zero attached hydrogens (tertiary/aromatic N) is 1. The first-order chi connectivity index (χ1) is 16.2. The molecule has 0 saturated heterocycles. The Morgan fingerprint density at radius 3 is 2.22 bits per heavy atom. The van der Waals surface area contributed by atoms with E-state index in [9.17, 15) is 17.8 Å². The minimum Gasteiger partial charge on any atom is -0.496 e. The summed E-state index contributed by atoms with van der Waals surface area (Å²) in [5.74, 6) is -1.68. The van der Waals surface area contributed by atoms with Gasteiger partial charge < -0.3 is 19.1 Å². The van der Waals surface area contributed by atoms with Gasteiger partial charge in [0.15, 0.2) is 23.1 Å². The van der Waals surface area contributed by atoms with Crippen molar-refractivity contribution >= 4 is 38.7 Å². The first-order valence-corrected chi connectivity index (χ1v) is 12.3. The second kappa shape index (κ2) is 10.7. The number of nitrogens with one attached hydrogen (secondary N) is 1. The van der Waals surface area contributed by atoms with Crippen LogP contribution in [0.4, 0.5) is 4.39 Å². The number of hydrogen-bond donors (Lipinski definition) is 2. The molecule has 1 aliphatic rings. The van der Waals surface area contributed by atoms with E-state index in [1.54, 1.807) is 12.1 Å². The number of amidine groups is 1. The highest BCUT2D eigenvalue weighted by molar-refractivity contribution is 8.93. The summed E-state index contributed by atoms with van der Waals surface area (Å²) < 4.78 is 63.3. The van der Waals surface area contributed by atoms with Crippen molar-refractivity contribution in [3.8, 4) is 17.2 Å². The molecule has 0 spiro atoms. The number of carbonyl (C=O) groups excluding carboxylic acids is 1. The van der Waals surface area contributed by atoms with Gasteiger partial charge in [0.25, 0.3) is 10.1 Å². The van der Waals surface area contributed by atoms with Crippen molar-refractivity contribution in [2.24, 2.45) is 0 Å². The summed E-state index contributed by atoms with van der Waals surface area (Å²) in [4.78, 5) is 14.7. The second-order valence-electron chi connectivity index (χ2n) is 9.27. The van der Waals surface area contributed by atoms with Crippen molar-refractivity contribution in [3.63, 3.8) is 0 Å². The summed E-state index contributed by atoms with van der Waals surface area (Å²) in [6.45, 7) is 5.45. The average Bonchev–Trinajstić information content (AvgIpc) is 3.06. The molecule has 0 saturated carbocycles. The number of ether oxygens (including phenoxy) is 3. The van der Waals surface area contributed by atoms with Crippen LogP contribution in [0.3, 0.4) is 0 Å². The smallest absolute Gasteiger partial charge is 0.269 e. The zero-order chi connectivity index (χ0) is 26.3. The molecule has 0 aromatic heterocycles. The van der Waals surface area contributed by atoms with Crippen LogP contribution >= 0.6 is 17.0 Å². The number of fused-ring (bicyclic) bond motifs is 1. The lowest BCUT2D eigenvalue weighted by Crippen LogP contribution is -2.31. The lowest BCUT2D eigenvalue weighted by Gasteiger charge is -2.25. The molecule has 3 rings (SSSR count). The van der Waals surface area contributed by atoms with Crippen molar-refractivity contribution in [1.82, 2.24) is 4.90 Å². The quantitative estimate of drug-likeness (QED) is 0.348. The van der Waals surface area contributed by atoms with Gasteiger partial charge in [-0.3, -0.25) is 14.8 Å². The fraction of sp³-hybridized carbons (Fsp3) is 0.417. The summed E-state index contributed by atoms with van der Waals surface area (Å²) in [6.07, 6.45) is 0. The summed E-state index contributed by atoms with van der Waals surface area (Å²) in [7, 11) is -0.317. The van der Waals surface area contributed by atoms with E-state index in [1.807, 2.05) is 20.8 Å².